The third kappa shape index (κ3) is 5.73. The van der Waals surface area contributed by atoms with Crippen LogP contribution in [0, 0.1) is 13.8 Å². The van der Waals surface area contributed by atoms with Gasteiger partial charge in [-0.15, -0.1) is 0 Å². The van der Waals surface area contributed by atoms with Crippen molar-refractivity contribution in [2.24, 2.45) is 0 Å². The molecule has 1 aliphatic rings. The van der Waals surface area contributed by atoms with E-state index in [1.165, 1.54) is 0 Å². The average Bonchev–Trinajstić information content (AvgIpc) is 3.09. The fourth-order valence-electron chi connectivity index (χ4n) is 3.75. The topological polar surface area (TPSA) is 65.1 Å². The molecule has 1 aliphatic heterocycles. The standard InChI is InChI=1S/C24H37N3O4Si/c1-17-12-25-13-18(2)19(17)14-31-20-8-9-21(29-4)24-23(20)26-22(15-28-3)27(24)16-30-10-11-32(5,6)7/h8-9,12-13,22,26H,10-11,14-16H2,1-7H3. The smallest absolute Gasteiger partial charge is 0.145 e. The number of hydrogen-bond donors (Lipinski definition) is 1. The number of nitrogens with zero attached hydrogens (tertiary/aromatic N) is 2. The van der Waals surface area contributed by atoms with Crippen LogP contribution in [0.1, 0.15) is 16.7 Å². The third-order valence-corrected chi connectivity index (χ3v) is 7.41. The minimum absolute atomic E-state index is 0.0649. The minimum Gasteiger partial charge on any atom is -0.494 e. The van der Waals surface area contributed by atoms with E-state index in [0.717, 1.165) is 52.2 Å². The number of methoxy groups -OCH3 is 2. The molecule has 176 valence electrons. The Kier molecular flexibility index (Phi) is 8.03. The summed E-state index contributed by atoms with van der Waals surface area (Å²) in [6, 6.07) is 5.03. The number of anilines is 2. The molecule has 2 aromatic rings. The van der Waals surface area contributed by atoms with Crippen LogP contribution >= 0.6 is 0 Å². The highest BCUT2D eigenvalue weighted by molar-refractivity contribution is 6.76. The van der Waals surface area contributed by atoms with Crippen molar-refractivity contribution in [1.29, 1.82) is 0 Å². The second kappa shape index (κ2) is 10.5. The first kappa shape index (κ1) is 24.4. The van der Waals surface area contributed by atoms with Crippen LogP contribution in [0.2, 0.25) is 25.7 Å². The molecule has 0 aliphatic carbocycles. The van der Waals surface area contributed by atoms with E-state index in [4.69, 9.17) is 18.9 Å². The zero-order chi connectivity index (χ0) is 23.3. The van der Waals surface area contributed by atoms with Crippen LogP contribution < -0.4 is 19.7 Å². The van der Waals surface area contributed by atoms with Crippen molar-refractivity contribution < 1.29 is 18.9 Å². The molecular formula is C24H37N3O4Si. The van der Waals surface area contributed by atoms with Gasteiger partial charge in [0.25, 0.3) is 0 Å². The number of nitrogens with one attached hydrogen (secondary N) is 1. The van der Waals surface area contributed by atoms with Crippen molar-refractivity contribution in [1.82, 2.24) is 4.98 Å². The Hall–Kier alpha value is -2.29. The van der Waals surface area contributed by atoms with Gasteiger partial charge in [0.05, 0.1) is 13.7 Å². The molecule has 0 radical (unpaired) electrons. The van der Waals surface area contributed by atoms with E-state index >= 15 is 0 Å². The number of rotatable bonds is 11. The van der Waals surface area contributed by atoms with Gasteiger partial charge in [-0.3, -0.25) is 4.98 Å². The fourth-order valence-corrected chi connectivity index (χ4v) is 4.51. The quantitative estimate of drug-likeness (QED) is 0.382. The highest BCUT2D eigenvalue weighted by Crippen LogP contribution is 2.48. The normalized spacial score (nSPS) is 15.5. The van der Waals surface area contributed by atoms with Gasteiger partial charge in [0.1, 0.15) is 42.4 Å². The monoisotopic (exact) mass is 459 g/mol. The van der Waals surface area contributed by atoms with Crippen LogP contribution in [0.4, 0.5) is 11.4 Å². The number of hydrogen-bond acceptors (Lipinski definition) is 7. The summed E-state index contributed by atoms with van der Waals surface area (Å²) >= 11 is 0. The van der Waals surface area contributed by atoms with E-state index in [-0.39, 0.29) is 6.17 Å². The zero-order valence-electron chi connectivity index (χ0n) is 20.4. The van der Waals surface area contributed by atoms with Crippen molar-refractivity contribution in [3.63, 3.8) is 0 Å². The molecule has 0 amide bonds. The summed E-state index contributed by atoms with van der Waals surface area (Å²) < 4.78 is 23.6. The number of benzene rings is 1. The molecule has 1 aromatic heterocycles. The summed E-state index contributed by atoms with van der Waals surface area (Å²) in [6.45, 7) is 13.4. The van der Waals surface area contributed by atoms with Crippen molar-refractivity contribution in [2.45, 2.75) is 52.3 Å². The summed E-state index contributed by atoms with van der Waals surface area (Å²) in [4.78, 5) is 6.42. The van der Waals surface area contributed by atoms with Gasteiger partial charge < -0.3 is 29.2 Å². The zero-order valence-corrected chi connectivity index (χ0v) is 21.4. The van der Waals surface area contributed by atoms with Gasteiger partial charge in [-0.25, -0.2) is 0 Å². The molecule has 1 unspecified atom stereocenters. The first-order chi connectivity index (χ1) is 15.2. The molecule has 0 saturated carbocycles. The summed E-state index contributed by atoms with van der Waals surface area (Å²) in [6.07, 6.45) is 3.68. The molecule has 0 spiro atoms. The molecule has 3 rings (SSSR count). The largest absolute Gasteiger partial charge is 0.494 e. The lowest BCUT2D eigenvalue weighted by Crippen LogP contribution is -2.41. The Morgan fingerprint density at radius 1 is 1.06 bits per heavy atom. The van der Waals surface area contributed by atoms with Crippen LogP contribution in [0.15, 0.2) is 24.5 Å². The van der Waals surface area contributed by atoms with Crippen LogP contribution in [-0.4, -0.2) is 53.4 Å². The molecule has 32 heavy (non-hydrogen) atoms. The predicted octanol–water partition coefficient (Wildman–Crippen LogP) is 4.80. The van der Waals surface area contributed by atoms with Crippen LogP contribution in [0.25, 0.3) is 0 Å². The number of pyridine rings is 1. The average molecular weight is 460 g/mol. The Balaban J connectivity index is 1.83. The van der Waals surface area contributed by atoms with Gasteiger partial charge in [-0.2, -0.15) is 0 Å². The second-order valence-corrected chi connectivity index (χ2v) is 15.1. The van der Waals surface area contributed by atoms with Gasteiger partial charge in [-0.05, 0) is 48.7 Å². The molecule has 1 aromatic carbocycles. The maximum atomic E-state index is 6.29. The first-order valence-electron chi connectivity index (χ1n) is 11.1. The maximum absolute atomic E-state index is 6.29. The van der Waals surface area contributed by atoms with Crippen LogP contribution in [0.3, 0.4) is 0 Å². The van der Waals surface area contributed by atoms with Crippen LogP contribution in [0.5, 0.6) is 11.5 Å². The first-order valence-corrected chi connectivity index (χ1v) is 14.8. The van der Waals surface area contributed by atoms with Gasteiger partial charge >= 0.3 is 0 Å². The van der Waals surface area contributed by atoms with Gasteiger partial charge in [0.2, 0.25) is 0 Å². The molecule has 0 bridgehead atoms. The Labute approximate surface area is 193 Å². The molecule has 1 N–H and O–H groups in total. The number of aryl methyl sites for hydroxylation is 2. The lowest BCUT2D eigenvalue weighted by Gasteiger charge is -2.27. The molecule has 0 fully saturated rings. The van der Waals surface area contributed by atoms with E-state index < -0.39 is 8.07 Å². The summed E-state index contributed by atoms with van der Waals surface area (Å²) in [5.41, 5.74) is 5.26. The fraction of sp³-hybridized carbons (Fsp3) is 0.542. The minimum atomic E-state index is -1.15. The SMILES string of the molecule is COCC1Nc2c(OCc3c(C)cncc3C)ccc(OC)c2N1COCC[Si](C)(C)C. The Morgan fingerprint density at radius 2 is 1.75 bits per heavy atom. The number of aromatic nitrogens is 1. The highest BCUT2D eigenvalue weighted by atomic mass is 28.3. The van der Waals surface area contributed by atoms with Crippen molar-refractivity contribution in [3.8, 4) is 11.5 Å². The Bertz CT molecular complexity index is 897. The van der Waals surface area contributed by atoms with Gasteiger partial charge in [0, 0.05) is 34.2 Å². The third-order valence-electron chi connectivity index (χ3n) is 5.71. The molecule has 8 heteroatoms. The van der Waals surface area contributed by atoms with E-state index in [2.05, 4.69) is 48.7 Å². The van der Waals surface area contributed by atoms with Crippen molar-refractivity contribution >= 4 is 19.4 Å². The van der Waals surface area contributed by atoms with Crippen molar-refractivity contribution in [3.05, 3.63) is 41.2 Å². The second-order valence-electron chi connectivity index (χ2n) is 9.46. The summed E-state index contributed by atoms with van der Waals surface area (Å²) in [5, 5.41) is 3.56. The molecule has 7 nitrogen and oxygen atoms in total. The molecule has 0 saturated heterocycles. The van der Waals surface area contributed by atoms with Crippen molar-refractivity contribution in [2.75, 3.05) is 44.4 Å². The van der Waals surface area contributed by atoms with E-state index in [0.29, 0.717) is 19.9 Å². The molecule has 2 heterocycles. The Morgan fingerprint density at radius 3 is 2.38 bits per heavy atom. The molecule has 1 atom stereocenters. The van der Waals surface area contributed by atoms with E-state index in [1.54, 1.807) is 14.2 Å². The van der Waals surface area contributed by atoms with Gasteiger partial charge in [-0.1, -0.05) is 19.6 Å². The lowest BCUT2D eigenvalue weighted by atomic mass is 10.1. The van der Waals surface area contributed by atoms with Crippen LogP contribution in [-0.2, 0) is 16.1 Å². The molecular weight excluding hydrogens is 422 g/mol. The highest BCUT2D eigenvalue weighted by Gasteiger charge is 2.34. The predicted molar refractivity (Wildman–Crippen MR) is 132 cm³/mol. The van der Waals surface area contributed by atoms with E-state index in [1.807, 2.05) is 24.5 Å². The maximum Gasteiger partial charge on any atom is 0.145 e. The summed E-state index contributed by atoms with van der Waals surface area (Å²) in [7, 11) is 2.25. The van der Waals surface area contributed by atoms with Gasteiger partial charge in [0.15, 0.2) is 0 Å². The van der Waals surface area contributed by atoms with E-state index in [9.17, 15) is 0 Å². The number of ether oxygens (including phenoxy) is 4. The summed E-state index contributed by atoms with van der Waals surface area (Å²) in [5.74, 6) is 1.56. The number of fused-ring (bicyclic) bond motifs is 1. The lowest BCUT2D eigenvalue weighted by molar-refractivity contribution is 0.126.